The van der Waals surface area contributed by atoms with Gasteiger partial charge in [-0.25, -0.2) is 4.79 Å². The van der Waals surface area contributed by atoms with Crippen molar-refractivity contribution >= 4 is 44.3 Å². The number of hydrogen-bond donors (Lipinski definition) is 3. The summed E-state index contributed by atoms with van der Waals surface area (Å²) in [6, 6.07) is 5.60. The van der Waals surface area contributed by atoms with Crippen molar-refractivity contribution in [2.24, 2.45) is 0 Å². The lowest BCUT2D eigenvalue weighted by atomic mass is 10.0. The first-order valence-corrected chi connectivity index (χ1v) is 11.8. The van der Waals surface area contributed by atoms with E-state index in [0.717, 1.165) is 17.7 Å². The summed E-state index contributed by atoms with van der Waals surface area (Å²) in [6.07, 6.45) is 2.58. The first-order valence-electron chi connectivity index (χ1n) is 9.67. The molecule has 2 atom stereocenters. The molecule has 3 rings (SSSR count). The number of hydrogen-bond acceptors (Lipinski definition) is 5. The molecule has 1 aromatic heterocycles. The number of benzene rings is 1. The Bertz CT molecular complexity index is 1170. The number of aromatic nitrogens is 1. The van der Waals surface area contributed by atoms with Gasteiger partial charge in [-0.3, -0.25) is 9.19 Å². The number of anilines is 1. The Balaban J connectivity index is 1.65. The summed E-state index contributed by atoms with van der Waals surface area (Å²) in [6.45, 7) is 0.137. The van der Waals surface area contributed by atoms with Crippen LogP contribution in [0.4, 0.5) is 23.7 Å². The molecule has 1 aliphatic heterocycles. The van der Waals surface area contributed by atoms with Crippen molar-refractivity contribution in [3.63, 3.8) is 0 Å². The van der Waals surface area contributed by atoms with Gasteiger partial charge in [0.2, 0.25) is 0 Å². The maximum absolute atomic E-state index is 12.9. The van der Waals surface area contributed by atoms with Crippen LogP contribution in [0.3, 0.4) is 0 Å². The molecule has 12 heteroatoms. The minimum atomic E-state index is -4.97. The van der Waals surface area contributed by atoms with Crippen LogP contribution in [0.2, 0.25) is 5.02 Å². The quantitative estimate of drug-likeness (QED) is 0.540. The second-order valence-corrected chi connectivity index (χ2v) is 9.99. The number of nitrogens with one attached hydrogen (secondary N) is 1. The molecule has 0 bridgehead atoms. The molecular formula is C21H21ClF3N3O4S. The fourth-order valence-corrected chi connectivity index (χ4v) is 4.28. The van der Waals surface area contributed by atoms with Crippen molar-refractivity contribution in [3.05, 3.63) is 58.9 Å². The predicted molar refractivity (Wildman–Crippen MR) is 121 cm³/mol. The molecule has 3 N–H and O–H groups in total. The van der Waals surface area contributed by atoms with E-state index in [-0.39, 0.29) is 12.2 Å². The number of alkyl halides is 3. The Morgan fingerprint density at radius 1 is 1.33 bits per heavy atom. The van der Waals surface area contributed by atoms with E-state index in [1.807, 2.05) is 0 Å². The molecule has 0 fully saturated rings. The largest absolute Gasteiger partial charge is 0.467 e. The monoisotopic (exact) mass is 503 g/mol. The Morgan fingerprint density at radius 3 is 2.52 bits per heavy atom. The van der Waals surface area contributed by atoms with E-state index in [9.17, 15) is 27.3 Å². The van der Waals surface area contributed by atoms with Crippen molar-refractivity contribution in [1.82, 2.24) is 9.88 Å². The third-order valence-corrected chi connectivity index (χ3v) is 7.15. The molecule has 33 heavy (non-hydrogen) atoms. The van der Waals surface area contributed by atoms with Gasteiger partial charge >= 0.3 is 11.5 Å². The molecule has 2 amide bonds. The summed E-state index contributed by atoms with van der Waals surface area (Å²) < 4.78 is 50.5. The van der Waals surface area contributed by atoms with Gasteiger partial charge in [0, 0.05) is 35.4 Å². The van der Waals surface area contributed by atoms with Gasteiger partial charge in [-0.05, 0) is 48.2 Å². The van der Waals surface area contributed by atoms with Crippen LogP contribution in [0.5, 0.6) is 0 Å². The molecule has 0 saturated carbocycles. The molecule has 0 aliphatic carbocycles. The normalized spacial score (nSPS) is 17.2. The smallest absolute Gasteiger partial charge is 0.393 e. The number of amides is 2. The molecule has 1 aliphatic rings. The molecule has 2 heterocycles. The minimum Gasteiger partial charge on any atom is -0.393 e. The van der Waals surface area contributed by atoms with Crippen LogP contribution in [0, 0.1) is 0 Å². The Morgan fingerprint density at radius 2 is 2.00 bits per heavy atom. The summed E-state index contributed by atoms with van der Waals surface area (Å²) in [5.74, 6) is 2.79. The second kappa shape index (κ2) is 9.72. The summed E-state index contributed by atoms with van der Waals surface area (Å²) in [4.78, 5) is 17.8. The summed E-state index contributed by atoms with van der Waals surface area (Å²) in [5, 5.41) is 21.6. The van der Waals surface area contributed by atoms with Gasteiger partial charge in [0.1, 0.15) is 6.10 Å². The molecule has 0 radical (unpaired) electrons. The molecule has 1 aromatic carbocycles. The van der Waals surface area contributed by atoms with Crippen molar-refractivity contribution in [2.45, 2.75) is 22.9 Å². The second-order valence-electron chi connectivity index (χ2n) is 7.30. The van der Waals surface area contributed by atoms with Crippen LogP contribution < -0.4 is 5.32 Å². The molecule has 1 unspecified atom stereocenters. The van der Waals surface area contributed by atoms with E-state index >= 15 is 0 Å². The van der Waals surface area contributed by atoms with Crippen LogP contribution in [0.1, 0.15) is 23.8 Å². The van der Waals surface area contributed by atoms with Crippen LogP contribution in [-0.4, -0.2) is 61.4 Å². The van der Waals surface area contributed by atoms with Gasteiger partial charge < -0.3 is 20.4 Å². The van der Waals surface area contributed by atoms with Crippen molar-refractivity contribution in [3.8, 4) is 0 Å². The highest BCUT2D eigenvalue weighted by Gasteiger charge is 2.40. The molecule has 178 valence electrons. The first kappa shape index (κ1) is 25.0. The molecule has 0 saturated heterocycles. The number of nitrogens with zero attached hydrogens (tertiary/aromatic N) is 2. The van der Waals surface area contributed by atoms with Crippen molar-refractivity contribution in [2.75, 3.05) is 25.0 Å². The molecule has 7 nitrogen and oxygen atoms in total. The Labute approximate surface area is 193 Å². The van der Waals surface area contributed by atoms with Gasteiger partial charge in [0.05, 0.1) is 26.8 Å². The van der Waals surface area contributed by atoms with Crippen LogP contribution in [0.25, 0.3) is 5.57 Å². The zero-order valence-electron chi connectivity index (χ0n) is 17.2. The van der Waals surface area contributed by atoms with Crippen LogP contribution in [0.15, 0.2) is 47.5 Å². The number of carbonyl (C=O) groups is 1. The highest BCUT2D eigenvalue weighted by atomic mass is 35.5. The lowest BCUT2D eigenvalue weighted by Gasteiger charge is -2.27. The SMILES string of the molecule is C=S(=O)(c1ccc(NC(=O)N2CC=C(c3ncc([C@H](O)CO)cc3Cl)CC2)cc1)C(F)(F)F. The van der Waals surface area contributed by atoms with E-state index < -0.39 is 38.7 Å². The number of aliphatic hydroxyl groups is 2. The fourth-order valence-electron chi connectivity index (χ4n) is 3.14. The molecule has 2 aromatic rings. The Kier molecular flexibility index (Phi) is 7.37. The maximum Gasteiger partial charge on any atom is 0.467 e. The lowest BCUT2D eigenvalue weighted by molar-refractivity contribution is -0.0392. The van der Waals surface area contributed by atoms with Crippen LogP contribution in [-0.2, 0) is 9.52 Å². The zero-order chi connectivity index (χ0) is 24.4. The third-order valence-electron chi connectivity index (χ3n) is 5.08. The summed E-state index contributed by atoms with van der Waals surface area (Å²) in [5.41, 5.74) is -3.00. The van der Waals surface area contributed by atoms with E-state index in [4.69, 9.17) is 16.7 Å². The van der Waals surface area contributed by atoms with Crippen LogP contribution >= 0.6 is 11.6 Å². The summed E-state index contributed by atoms with van der Waals surface area (Å²) in [7, 11) is -4.46. The average molecular weight is 504 g/mol. The van der Waals surface area contributed by atoms with Gasteiger partial charge in [-0.15, -0.1) is 0 Å². The van der Waals surface area contributed by atoms with Gasteiger partial charge in [-0.1, -0.05) is 17.7 Å². The van der Waals surface area contributed by atoms with Gasteiger partial charge in [0.25, 0.3) is 0 Å². The van der Waals surface area contributed by atoms with E-state index in [1.54, 1.807) is 6.08 Å². The van der Waals surface area contributed by atoms with Crippen molar-refractivity contribution in [1.29, 1.82) is 0 Å². The number of urea groups is 1. The number of pyridine rings is 1. The highest BCUT2D eigenvalue weighted by molar-refractivity contribution is 8.01. The third kappa shape index (κ3) is 5.49. The lowest BCUT2D eigenvalue weighted by Crippen LogP contribution is -2.38. The molecule has 0 spiro atoms. The Hall–Kier alpha value is -2.60. The van der Waals surface area contributed by atoms with E-state index in [0.29, 0.717) is 29.2 Å². The van der Waals surface area contributed by atoms with E-state index in [2.05, 4.69) is 16.2 Å². The molecular weight excluding hydrogens is 483 g/mol. The fraction of sp³-hybridized carbons (Fsp3) is 0.286. The standard InChI is InChI=1S/C21H21ClF3N3O4S/c1-33(32,21(23,24)25)16-4-2-15(3-5-16)27-20(31)28-8-6-13(7-9-28)19-17(22)10-14(11-26-19)18(30)12-29/h2-6,10-11,18,29-30H,1,7-9,12H2,(H,27,31)/t18-,33?/m1/s1. The van der Waals surface area contributed by atoms with Crippen molar-refractivity contribution < 1.29 is 32.4 Å². The zero-order valence-corrected chi connectivity index (χ0v) is 18.8. The number of halogens is 4. The van der Waals surface area contributed by atoms with E-state index in [1.165, 1.54) is 29.3 Å². The van der Waals surface area contributed by atoms with Gasteiger partial charge in [-0.2, -0.15) is 13.2 Å². The first-order chi connectivity index (χ1) is 15.4. The number of carbonyl (C=O) groups excluding carboxylic acids is 1. The summed E-state index contributed by atoms with van der Waals surface area (Å²) >= 11 is 6.26. The number of rotatable bonds is 5. The number of aliphatic hydroxyl groups excluding tert-OH is 2. The average Bonchev–Trinajstić information content (AvgIpc) is 2.78. The predicted octanol–water partition coefficient (Wildman–Crippen LogP) is 3.68. The topological polar surface area (TPSA) is 103 Å². The maximum atomic E-state index is 12.9. The highest BCUT2D eigenvalue weighted by Crippen LogP contribution is 2.31. The minimum absolute atomic E-state index is 0.249. The van der Waals surface area contributed by atoms with Gasteiger partial charge in [0.15, 0.2) is 0 Å².